The fraction of sp³-hybridized carbons (Fsp3) is 0.294. The zero-order valence-corrected chi connectivity index (χ0v) is 13.7. The number of ether oxygens (including phenoxy) is 3. The third-order valence-electron chi connectivity index (χ3n) is 3.28. The van der Waals surface area contributed by atoms with E-state index in [1.165, 1.54) is 0 Å². The van der Waals surface area contributed by atoms with Crippen LogP contribution < -0.4 is 19.5 Å². The fourth-order valence-corrected chi connectivity index (χ4v) is 2.12. The summed E-state index contributed by atoms with van der Waals surface area (Å²) < 4.78 is 15.9. The zero-order valence-electron chi connectivity index (χ0n) is 13.7. The summed E-state index contributed by atoms with van der Waals surface area (Å²) in [5.74, 6) is 1.17. The van der Waals surface area contributed by atoms with Crippen LogP contribution in [0.1, 0.15) is 22.8 Å². The van der Waals surface area contributed by atoms with Crippen LogP contribution in [-0.2, 0) is 0 Å². The van der Waals surface area contributed by atoms with Crippen LogP contribution in [-0.4, -0.2) is 31.7 Å². The number of aryl methyl sites for hydroxylation is 1. The summed E-state index contributed by atoms with van der Waals surface area (Å²) in [4.78, 5) is 16.6. The number of methoxy groups -OCH3 is 2. The number of nitrogens with zero attached hydrogens (tertiary/aromatic N) is 1. The Kier molecular flexibility index (Phi) is 5.41. The third-order valence-corrected chi connectivity index (χ3v) is 3.28. The molecule has 2 aromatic rings. The number of carbonyl (C=O) groups is 1. The molecule has 0 fully saturated rings. The SMILES string of the molecule is CCOc1ncccc1C(=O)Nc1cc(OC)c(OC)cc1C. The number of anilines is 1. The highest BCUT2D eigenvalue weighted by Gasteiger charge is 2.16. The molecule has 1 amide bonds. The van der Waals surface area contributed by atoms with E-state index in [2.05, 4.69) is 10.3 Å². The first-order valence-electron chi connectivity index (χ1n) is 7.22. The van der Waals surface area contributed by atoms with E-state index in [4.69, 9.17) is 14.2 Å². The van der Waals surface area contributed by atoms with Crippen molar-refractivity contribution in [1.82, 2.24) is 4.98 Å². The van der Waals surface area contributed by atoms with Crippen molar-refractivity contribution < 1.29 is 19.0 Å². The number of hydrogen-bond donors (Lipinski definition) is 1. The summed E-state index contributed by atoms with van der Waals surface area (Å²) in [6, 6.07) is 6.90. The molecule has 23 heavy (non-hydrogen) atoms. The smallest absolute Gasteiger partial charge is 0.261 e. The van der Waals surface area contributed by atoms with Gasteiger partial charge in [0.25, 0.3) is 5.91 Å². The van der Waals surface area contributed by atoms with E-state index in [0.29, 0.717) is 35.2 Å². The number of rotatable bonds is 6. The van der Waals surface area contributed by atoms with Gasteiger partial charge in [0.1, 0.15) is 5.56 Å². The maximum Gasteiger partial charge on any atom is 0.261 e. The fourth-order valence-electron chi connectivity index (χ4n) is 2.12. The summed E-state index contributed by atoms with van der Waals surface area (Å²) in [5, 5.41) is 2.86. The summed E-state index contributed by atoms with van der Waals surface area (Å²) in [6.45, 7) is 4.16. The van der Waals surface area contributed by atoms with Crippen molar-refractivity contribution in [2.45, 2.75) is 13.8 Å². The van der Waals surface area contributed by atoms with Crippen molar-refractivity contribution in [3.8, 4) is 17.4 Å². The lowest BCUT2D eigenvalue weighted by Gasteiger charge is -2.14. The number of carbonyl (C=O) groups excluding carboxylic acids is 1. The van der Waals surface area contributed by atoms with Gasteiger partial charge in [-0.25, -0.2) is 4.98 Å². The van der Waals surface area contributed by atoms with Gasteiger partial charge in [-0.1, -0.05) is 0 Å². The van der Waals surface area contributed by atoms with Crippen molar-refractivity contribution in [3.05, 3.63) is 41.6 Å². The normalized spacial score (nSPS) is 10.1. The van der Waals surface area contributed by atoms with Gasteiger partial charge >= 0.3 is 0 Å². The first-order chi connectivity index (χ1) is 11.1. The van der Waals surface area contributed by atoms with Gasteiger partial charge < -0.3 is 19.5 Å². The van der Waals surface area contributed by atoms with E-state index in [9.17, 15) is 4.79 Å². The summed E-state index contributed by atoms with van der Waals surface area (Å²) in [5.41, 5.74) is 1.88. The van der Waals surface area contributed by atoms with E-state index in [1.807, 2.05) is 13.8 Å². The second-order valence-electron chi connectivity index (χ2n) is 4.77. The minimum Gasteiger partial charge on any atom is -0.493 e. The highest BCUT2D eigenvalue weighted by molar-refractivity contribution is 6.06. The van der Waals surface area contributed by atoms with Gasteiger partial charge in [0, 0.05) is 18.0 Å². The first kappa shape index (κ1) is 16.6. The highest BCUT2D eigenvalue weighted by Crippen LogP contribution is 2.33. The minimum absolute atomic E-state index is 0.295. The second kappa shape index (κ2) is 7.49. The number of benzene rings is 1. The lowest BCUT2D eigenvalue weighted by atomic mass is 10.1. The molecule has 0 aliphatic rings. The molecule has 6 nitrogen and oxygen atoms in total. The Hall–Kier alpha value is -2.76. The van der Waals surface area contributed by atoms with Crippen LogP contribution in [0.4, 0.5) is 5.69 Å². The Labute approximate surface area is 135 Å². The Morgan fingerprint density at radius 2 is 1.91 bits per heavy atom. The van der Waals surface area contributed by atoms with Crippen molar-refractivity contribution in [1.29, 1.82) is 0 Å². The molecule has 0 saturated heterocycles. The van der Waals surface area contributed by atoms with Crippen LogP contribution >= 0.6 is 0 Å². The van der Waals surface area contributed by atoms with Crippen molar-refractivity contribution in [3.63, 3.8) is 0 Å². The topological polar surface area (TPSA) is 69.7 Å². The van der Waals surface area contributed by atoms with Crippen LogP contribution in [0.5, 0.6) is 17.4 Å². The highest BCUT2D eigenvalue weighted by atomic mass is 16.5. The van der Waals surface area contributed by atoms with Gasteiger partial charge in [0.15, 0.2) is 11.5 Å². The average molecular weight is 316 g/mol. The predicted octanol–water partition coefficient (Wildman–Crippen LogP) is 3.06. The Morgan fingerprint density at radius 3 is 2.57 bits per heavy atom. The van der Waals surface area contributed by atoms with Crippen LogP contribution in [0.15, 0.2) is 30.5 Å². The van der Waals surface area contributed by atoms with E-state index < -0.39 is 0 Å². The van der Waals surface area contributed by atoms with Gasteiger partial charge in [0.05, 0.1) is 20.8 Å². The largest absolute Gasteiger partial charge is 0.493 e. The van der Waals surface area contributed by atoms with Crippen molar-refractivity contribution in [2.75, 3.05) is 26.1 Å². The molecule has 2 rings (SSSR count). The molecule has 0 spiro atoms. The van der Waals surface area contributed by atoms with E-state index in [1.54, 1.807) is 44.7 Å². The van der Waals surface area contributed by atoms with Gasteiger partial charge in [-0.3, -0.25) is 4.79 Å². The molecule has 1 aromatic carbocycles. The van der Waals surface area contributed by atoms with E-state index >= 15 is 0 Å². The molecule has 0 aliphatic carbocycles. The summed E-state index contributed by atoms with van der Waals surface area (Å²) >= 11 is 0. The second-order valence-corrected chi connectivity index (χ2v) is 4.77. The minimum atomic E-state index is -0.295. The van der Waals surface area contributed by atoms with E-state index in [0.717, 1.165) is 5.56 Å². The standard InChI is InChI=1S/C17H20N2O4/c1-5-23-17-12(7-6-8-18-17)16(20)19-13-10-15(22-4)14(21-3)9-11(13)2/h6-10H,5H2,1-4H3,(H,19,20). The zero-order chi connectivity index (χ0) is 16.8. The van der Waals surface area contributed by atoms with Gasteiger partial charge in [-0.15, -0.1) is 0 Å². The average Bonchev–Trinajstić information content (AvgIpc) is 2.57. The van der Waals surface area contributed by atoms with Gasteiger partial charge in [-0.2, -0.15) is 0 Å². The molecule has 0 unspecified atom stereocenters. The van der Waals surface area contributed by atoms with Gasteiger partial charge in [0.2, 0.25) is 5.88 Å². The van der Waals surface area contributed by atoms with Crippen LogP contribution in [0.3, 0.4) is 0 Å². The van der Waals surface area contributed by atoms with Crippen molar-refractivity contribution >= 4 is 11.6 Å². The molecule has 0 saturated carbocycles. The molecule has 0 radical (unpaired) electrons. The Morgan fingerprint density at radius 1 is 1.22 bits per heavy atom. The molecule has 0 bridgehead atoms. The molecule has 0 atom stereocenters. The van der Waals surface area contributed by atoms with Crippen LogP contribution in [0.25, 0.3) is 0 Å². The number of aromatic nitrogens is 1. The Balaban J connectivity index is 2.30. The summed E-state index contributed by atoms with van der Waals surface area (Å²) in [7, 11) is 3.12. The van der Waals surface area contributed by atoms with Gasteiger partial charge in [-0.05, 0) is 37.6 Å². The molecule has 1 N–H and O–H groups in total. The number of amides is 1. The first-order valence-corrected chi connectivity index (χ1v) is 7.22. The quantitative estimate of drug-likeness (QED) is 0.887. The molecule has 122 valence electrons. The van der Waals surface area contributed by atoms with Crippen LogP contribution in [0.2, 0.25) is 0 Å². The Bertz CT molecular complexity index is 701. The lowest BCUT2D eigenvalue weighted by Crippen LogP contribution is -2.15. The molecule has 0 aliphatic heterocycles. The predicted molar refractivity (Wildman–Crippen MR) is 87.6 cm³/mol. The number of nitrogens with one attached hydrogen (secondary N) is 1. The molecule has 6 heteroatoms. The molecular formula is C17H20N2O4. The summed E-state index contributed by atoms with van der Waals surface area (Å²) in [6.07, 6.45) is 1.59. The maximum absolute atomic E-state index is 12.5. The molecule has 1 aromatic heterocycles. The van der Waals surface area contributed by atoms with Crippen LogP contribution in [0, 0.1) is 6.92 Å². The lowest BCUT2D eigenvalue weighted by molar-refractivity contribution is 0.102. The number of pyridine rings is 1. The molecular weight excluding hydrogens is 296 g/mol. The number of hydrogen-bond acceptors (Lipinski definition) is 5. The van der Waals surface area contributed by atoms with E-state index in [-0.39, 0.29) is 5.91 Å². The third kappa shape index (κ3) is 3.71. The monoisotopic (exact) mass is 316 g/mol. The van der Waals surface area contributed by atoms with Crippen molar-refractivity contribution in [2.24, 2.45) is 0 Å². The molecule has 1 heterocycles. The maximum atomic E-state index is 12.5.